The molecule has 78 valence electrons. The molecular weight excluding hydrogens is 210 g/mol. The van der Waals surface area contributed by atoms with Gasteiger partial charge in [0, 0.05) is 24.8 Å². The molecule has 0 saturated heterocycles. The van der Waals surface area contributed by atoms with Gasteiger partial charge in [-0.25, -0.2) is 4.98 Å². The first-order valence-corrected chi connectivity index (χ1v) is 5.43. The predicted molar refractivity (Wildman–Crippen MR) is 58.7 cm³/mol. The van der Waals surface area contributed by atoms with Gasteiger partial charge in [0.2, 0.25) is 0 Å². The molecule has 0 aliphatic rings. The summed E-state index contributed by atoms with van der Waals surface area (Å²) in [6.07, 6.45) is 3.58. The molecule has 1 N–H and O–H groups in total. The fraction of sp³-hybridized carbons (Fsp3) is 0.200. The molecule has 0 radical (unpaired) electrons. The largest absolute Gasteiger partial charge is 0.347 e. The van der Waals surface area contributed by atoms with Gasteiger partial charge in [0.15, 0.2) is 0 Å². The second kappa shape index (κ2) is 4.27. The van der Waals surface area contributed by atoms with Crippen LogP contribution in [0.5, 0.6) is 0 Å². The van der Waals surface area contributed by atoms with Gasteiger partial charge in [-0.3, -0.25) is 4.79 Å². The normalized spacial score (nSPS) is 10.2. The number of nitrogens with one attached hydrogen (secondary N) is 1. The Bertz CT molecular complexity index is 447. The van der Waals surface area contributed by atoms with E-state index in [0.29, 0.717) is 12.2 Å². The van der Waals surface area contributed by atoms with Crippen molar-refractivity contribution in [2.75, 3.05) is 0 Å². The Morgan fingerprint density at radius 2 is 2.53 bits per heavy atom. The van der Waals surface area contributed by atoms with Crippen LogP contribution in [0.2, 0.25) is 0 Å². The molecule has 2 heterocycles. The fourth-order valence-corrected chi connectivity index (χ4v) is 1.84. The molecule has 0 saturated carbocycles. The zero-order valence-corrected chi connectivity index (χ0v) is 9.12. The number of aryl methyl sites for hydroxylation is 1. The van der Waals surface area contributed by atoms with Crippen LogP contribution < -0.4 is 5.32 Å². The average molecular weight is 221 g/mol. The molecule has 0 aliphatic heterocycles. The molecule has 15 heavy (non-hydrogen) atoms. The van der Waals surface area contributed by atoms with Gasteiger partial charge in [0.25, 0.3) is 5.91 Å². The van der Waals surface area contributed by atoms with Crippen LogP contribution in [-0.2, 0) is 13.6 Å². The SMILES string of the molecule is Cn1cccc1C(=O)NCc1nccs1. The van der Waals surface area contributed by atoms with Crippen LogP contribution in [0.15, 0.2) is 29.9 Å². The Morgan fingerprint density at radius 3 is 3.13 bits per heavy atom. The van der Waals surface area contributed by atoms with Crippen LogP contribution in [0.3, 0.4) is 0 Å². The number of nitrogens with zero attached hydrogens (tertiary/aromatic N) is 2. The minimum atomic E-state index is -0.0716. The molecule has 0 spiro atoms. The summed E-state index contributed by atoms with van der Waals surface area (Å²) in [6, 6.07) is 3.63. The van der Waals surface area contributed by atoms with Crippen molar-refractivity contribution in [2.24, 2.45) is 7.05 Å². The van der Waals surface area contributed by atoms with Crippen LogP contribution >= 0.6 is 11.3 Å². The lowest BCUT2D eigenvalue weighted by Gasteiger charge is -2.03. The van der Waals surface area contributed by atoms with E-state index in [2.05, 4.69) is 10.3 Å². The summed E-state index contributed by atoms with van der Waals surface area (Å²) in [5, 5.41) is 5.62. The Hall–Kier alpha value is -1.62. The highest BCUT2D eigenvalue weighted by Crippen LogP contribution is 2.04. The smallest absolute Gasteiger partial charge is 0.268 e. The van der Waals surface area contributed by atoms with E-state index in [1.54, 1.807) is 16.8 Å². The van der Waals surface area contributed by atoms with E-state index in [1.165, 1.54) is 11.3 Å². The Kier molecular flexibility index (Phi) is 2.82. The molecular formula is C10H11N3OS. The van der Waals surface area contributed by atoms with Crippen LogP contribution in [-0.4, -0.2) is 15.5 Å². The number of amides is 1. The summed E-state index contributed by atoms with van der Waals surface area (Å²) >= 11 is 1.53. The van der Waals surface area contributed by atoms with Crippen molar-refractivity contribution < 1.29 is 4.79 Å². The van der Waals surface area contributed by atoms with E-state index in [0.717, 1.165) is 5.01 Å². The lowest BCUT2D eigenvalue weighted by Crippen LogP contribution is -2.24. The van der Waals surface area contributed by atoms with E-state index in [1.807, 2.05) is 24.7 Å². The summed E-state index contributed by atoms with van der Waals surface area (Å²) in [5.41, 5.74) is 0.659. The summed E-state index contributed by atoms with van der Waals surface area (Å²) < 4.78 is 1.79. The summed E-state index contributed by atoms with van der Waals surface area (Å²) in [7, 11) is 1.85. The van der Waals surface area contributed by atoms with Gasteiger partial charge >= 0.3 is 0 Å². The van der Waals surface area contributed by atoms with E-state index < -0.39 is 0 Å². The first-order chi connectivity index (χ1) is 7.27. The third-order valence-corrected chi connectivity index (χ3v) is 2.84. The molecule has 0 atom stereocenters. The predicted octanol–water partition coefficient (Wildman–Crippen LogP) is 1.41. The lowest BCUT2D eigenvalue weighted by atomic mass is 10.4. The van der Waals surface area contributed by atoms with Gasteiger partial charge in [0.05, 0.1) is 6.54 Å². The number of hydrogen-bond donors (Lipinski definition) is 1. The molecule has 2 aromatic heterocycles. The molecule has 0 aliphatic carbocycles. The fourth-order valence-electron chi connectivity index (χ4n) is 1.28. The van der Waals surface area contributed by atoms with Gasteiger partial charge in [-0.1, -0.05) is 0 Å². The van der Waals surface area contributed by atoms with Crippen LogP contribution in [0.1, 0.15) is 15.5 Å². The Balaban J connectivity index is 1.96. The topological polar surface area (TPSA) is 46.9 Å². The monoisotopic (exact) mass is 221 g/mol. The van der Waals surface area contributed by atoms with Gasteiger partial charge in [0.1, 0.15) is 10.7 Å². The Morgan fingerprint density at radius 1 is 1.67 bits per heavy atom. The number of hydrogen-bond acceptors (Lipinski definition) is 3. The molecule has 0 aromatic carbocycles. The molecule has 0 unspecified atom stereocenters. The van der Waals surface area contributed by atoms with Crippen molar-refractivity contribution in [2.45, 2.75) is 6.54 Å². The van der Waals surface area contributed by atoms with Gasteiger partial charge in [-0.15, -0.1) is 11.3 Å². The van der Waals surface area contributed by atoms with E-state index in [4.69, 9.17) is 0 Å². The minimum Gasteiger partial charge on any atom is -0.347 e. The Labute approximate surface area is 91.6 Å². The summed E-state index contributed by atoms with van der Waals surface area (Å²) in [4.78, 5) is 15.8. The third-order valence-electron chi connectivity index (χ3n) is 2.06. The first-order valence-electron chi connectivity index (χ1n) is 4.55. The van der Waals surface area contributed by atoms with E-state index in [9.17, 15) is 4.79 Å². The van der Waals surface area contributed by atoms with E-state index in [-0.39, 0.29) is 5.91 Å². The maximum absolute atomic E-state index is 11.7. The minimum absolute atomic E-state index is 0.0716. The molecule has 0 fully saturated rings. The van der Waals surface area contributed by atoms with Crippen molar-refractivity contribution in [1.82, 2.24) is 14.9 Å². The standard InChI is InChI=1S/C10H11N3OS/c1-13-5-2-3-8(13)10(14)12-7-9-11-4-6-15-9/h2-6H,7H2,1H3,(H,12,14). The van der Waals surface area contributed by atoms with Crippen molar-refractivity contribution in [3.63, 3.8) is 0 Å². The van der Waals surface area contributed by atoms with Crippen molar-refractivity contribution in [3.8, 4) is 0 Å². The number of carbonyl (C=O) groups is 1. The molecule has 2 aromatic rings. The zero-order chi connectivity index (χ0) is 10.7. The van der Waals surface area contributed by atoms with Crippen LogP contribution in [0.25, 0.3) is 0 Å². The molecule has 0 bridgehead atoms. The van der Waals surface area contributed by atoms with Crippen molar-refractivity contribution >= 4 is 17.2 Å². The highest BCUT2D eigenvalue weighted by Gasteiger charge is 2.08. The average Bonchev–Trinajstić information content (AvgIpc) is 2.84. The van der Waals surface area contributed by atoms with Crippen molar-refractivity contribution in [3.05, 3.63) is 40.6 Å². The first kappa shape index (κ1) is 9.92. The third kappa shape index (κ3) is 2.24. The number of aromatic nitrogens is 2. The maximum atomic E-state index is 11.7. The number of rotatable bonds is 3. The van der Waals surface area contributed by atoms with Crippen molar-refractivity contribution in [1.29, 1.82) is 0 Å². The van der Waals surface area contributed by atoms with Gasteiger partial charge < -0.3 is 9.88 Å². The summed E-state index contributed by atoms with van der Waals surface area (Å²) in [5.74, 6) is -0.0716. The number of thiazole rings is 1. The molecule has 4 nitrogen and oxygen atoms in total. The van der Waals surface area contributed by atoms with Crippen LogP contribution in [0, 0.1) is 0 Å². The molecule has 5 heteroatoms. The highest BCUT2D eigenvalue weighted by atomic mass is 32.1. The quantitative estimate of drug-likeness (QED) is 0.852. The summed E-state index contributed by atoms with van der Waals surface area (Å²) in [6.45, 7) is 0.488. The second-order valence-corrected chi connectivity index (χ2v) is 4.09. The maximum Gasteiger partial charge on any atom is 0.268 e. The highest BCUT2D eigenvalue weighted by molar-refractivity contribution is 7.09. The van der Waals surface area contributed by atoms with Gasteiger partial charge in [-0.2, -0.15) is 0 Å². The molecule has 1 amide bonds. The lowest BCUT2D eigenvalue weighted by molar-refractivity contribution is 0.0943. The van der Waals surface area contributed by atoms with Gasteiger partial charge in [-0.05, 0) is 12.1 Å². The van der Waals surface area contributed by atoms with E-state index >= 15 is 0 Å². The van der Waals surface area contributed by atoms with Crippen LogP contribution in [0.4, 0.5) is 0 Å². The second-order valence-electron chi connectivity index (χ2n) is 3.11. The number of carbonyl (C=O) groups excluding carboxylic acids is 1. The molecule has 2 rings (SSSR count). The zero-order valence-electron chi connectivity index (χ0n) is 8.30.